The van der Waals surface area contributed by atoms with E-state index in [9.17, 15) is 4.39 Å². The van der Waals surface area contributed by atoms with Gasteiger partial charge in [0.2, 0.25) is 0 Å². The van der Waals surface area contributed by atoms with Crippen LogP contribution in [0.5, 0.6) is 0 Å². The fourth-order valence-electron chi connectivity index (χ4n) is 2.48. The zero-order chi connectivity index (χ0) is 13.7. The summed E-state index contributed by atoms with van der Waals surface area (Å²) in [5.74, 6) is -0.211. The molecule has 3 N–H and O–H groups in total. The van der Waals surface area contributed by atoms with Gasteiger partial charge in [-0.3, -0.25) is 0 Å². The zero-order valence-electron chi connectivity index (χ0n) is 11.0. The minimum Gasteiger partial charge on any atom is -0.329 e. The maximum Gasteiger partial charge on any atom is 0.129 e. The van der Waals surface area contributed by atoms with E-state index in [-0.39, 0.29) is 11.9 Å². The second-order valence-electron chi connectivity index (χ2n) is 4.91. The van der Waals surface area contributed by atoms with Crippen molar-refractivity contribution in [3.63, 3.8) is 0 Å². The first kappa shape index (κ1) is 14.7. The Morgan fingerprint density at radius 3 is 2.89 bits per heavy atom. The first-order valence-electron chi connectivity index (χ1n) is 6.77. The Morgan fingerprint density at radius 2 is 2.26 bits per heavy atom. The quantitative estimate of drug-likeness (QED) is 0.782. The van der Waals surface area contributed by atoms with Crippen molar-refractivity contribution < 1.29 is 4.39 Å². The van der Waals surface area contributed by atoms with Crippen molar-refractivity contribution in [2.75, 3.05) is 13.1 Å². The van der Waals surface area contributed by atoms with Crippen molar-refractivity contribution in [2.24, 2.45) is 5.73 Å². The van der Waals surface area contributed by atoms with Crippen LogP contribution in [0.3, 0.4) is 0 Å². The van der Waals surface area contributed by atoms with Gasteiger partial charge in [-0.1, -0.05) is 33.6 Å². The van der Waals surface area contributed by atoms with Gasteiger partial charge in [-0.05, 0) is 44.4 Å². The third-order valence-corrected chi connectivity index (χ3v) is 4.04. The molecule has 1 aliphatic rings. The van der Waals surface area contributed by atoms with Gasteiger partial charge in [-0.15, -0.1) is 0 Å². The maximum atomic E-state index is 13.9. The van der Waals surface area contributed by atoms with Crippen molar-refractivity contribution in [1.29, 1.82) is 0 Å². The van der Waals surface area contributed by atoms with Crippen LogP contribution in [0, 0.1) is 5.82 Å². The van der Waals surface area contributed by atoms with Gasteiger partial charge in [0, 0.05) is 22.6 Å². The number of hydrogen-bond donors (Lipinski definition) is 2. The molecular weight excluding hydrogens is 307 g/mol. The number of nitrogens with two attached hydrogens (primary N) is 1. The van der Waals surface area contributed by atoms with E-state index in [1.54, 1.807) is 6.07 Å². The summed E-state index contributed by atoms with van der Waals surface area (Å²) in [6.07, 6.45) is 7.05. The Balaban J connectivity index is 1.91. The summed E-state index contributed by atoms with van der Waals surface area (Å²) >= 11 is 3.27. The van der Waals surface area contributed by atoms with E-state index in [4.69, 9.17) is 5.73 Å². The summed E-state index contributed by atoms with van der Waals surface area (Å²) < 4.78 is 14.6. The summed E-state index contributed by atoms with van der Waals surface area (Å²) in [5, 5.41) is 3.35. The zero-order valence-corrected chi connectivity index (χ0v) is 12.5. The lowest BCUT2D eigenvalue weighted by Crippen LogP contribution is -2.29. The molecular formula is C15H20BrFN2. The van der Waals surface area contributed by atoms with Gasteiger partial charge in [0.15, 0.2) is 0 Å². The van der Waals surface area contributed by atoms with Crippen molar-refractivity contribution >= 4 is 15.9 Å². The van der Waals surface area contributed by atoms with Crippen molar-refractivity contribution in [3.8, 4) is 0 Å². The van der Waals surface area contributed by atoms with E-state index in [1.807, 2.05) is 6.07 Å². The van der Waals surface area contributed by atoms with Crippen molar-refractivity contribution in [1.82, 2.24) is 5.32 Å². The number of benzene rings is 1. The summed E-state index contributed by atoms with van der Waals surface area (Å²) in [7, 11) is 0. The fraction of sp³-hybridized carbons (Fsp3) is 0.467. The van der Waals surface area contributed by atoms with Gasteiger partial charge in [0.25, 0.3) is 0 Å². The van der Waals surface area contributed by atoms with Crippen molar-refractivity contribution in [2.45, 2.75) is 31.7 Å². The highest BCUT2D eigenvalue weighted by atomic mass is 79.9. The third-order valence-electron chi connectivity index (χ3n) is 3.55. The SMILES string of the molecule is NCC(NCCC1=CCCC1)c1ccc(Br)cc1F. The Kier molecular flexibility index (Phi) is 5.55. The predicted molar refractivity (Wildman–Crippen MR) is 80.4 cm³/mol. The molecule has 0 saturated heterocycles. The van der Waals surface area contributed by atoms with Crippen LogP contribution in [-0.4, -0.2) is 13.1 Å². The average Bonchev–Trinajstić information content (AvgIpc) is 2.89. The summed E-state index contributed by atoms with van der Waals surface area (Å²) in [6.45, 7) is 1.25. The summed E-state index contributed by atoms with van der Waals surface area (Å²) in [4.78, 5) is 0. The highest BCUT2D eigenvalue weighted by Crippen LogP contribution is 2.22. The molecule has 0 saturated carbocycles. The van der Waals surface area contributed by atoms with Crippen molar-refractivity contribution in [3.05, 3.63) is 45.7 Å². The standard InChI is InChI=1S/C15H20BrFN2/c16-12-5-6-13(14(17)9-12)15(10-18)19-8-7-11-3-1-2-4-11/h3,5-6,9,15,19H,1-2,4,7-8,10,18H2. The van der Waals surface area contributed by atoms with Gasteiger partial charge in [0.1, 0.15) is 5.82 Å². The smallest absolute Gasteiger partial charge is 0.129 e. The molecule has 1 unspecified atom stereocenters. The molecule has 1 aliphatic carbocycles. The molecule has 0 amide bonds. The molecule has 0 fully saturated rings. The van der Waals surface area contributed by atoms with Crippen LogP contribution < -0.4 is 11.1 Å². The molecule has 1 aromatic rings. The maximum absolute atomic E-state index is 13.9. The molecule has 19 heavy (non-hydrogen) atoms. The first-order valence-corrected chi connectivity index (χ1v) is 7.56. The Labute approximate surface area is 122 Å². The van der Waals surface area contributed by atoms with Gasteiger partial charge in [-0.2, -0.15) is 0 Å². The van der Waals surface area contributed by atoms with Gasteiger partial charge in [0.05, 0.1) is 0 Å². The fourth-order valence-corrected chi connectivity index (χ4v) is 2.81. The van der Waals surface area contributed by atoms with E-state index in [0.717, 1.165) is 17.4 Å². The Bertz CT molecular complexity index is 459. The third kappa shape index (κ3) is 4.13. The van der Waals surface area contributed by atoms with Crippen LogP contribution >= 0.6 is 15.9 Å². The normalized spacial score (nSPS) is 16.5. The molecule has 0 aromatic heterocycles. The number of rotatable bonds is 6. The largest absolute Gasteiger partial charge is 0.329 e. The van der Waals surface area contributed by atoms with E-state index < -0.39 is 0 Å². The predicted octanol–water partition coefficient (Wildman–Crippen LogP) is 3.68. The Hall–Kier alpha value is -0.710. The molecule has 2 rings (SSSR count). The van der Waals surface area contributed by atoms with Crippen LogP contribution in [0.25, 0.3) is 0 Å². The molecule has 104 valence electrons. The van der Waals surface area contributed by atoms with Gasteiger partial charge in [-0.25, -0.2) is 4.39 Å². The lowest BCUT2D eigenvalue weighted by molar-refractivity contribution is 0.507. The molecule has 1 atom stereocenters. The number of nitrogens with one attached hydrogen (secondary N) is 1. The number of halogens is 2. The van der Waals surface area contributed by atoms with E-state index in [2.05, 4.69) is 27.3 Å². The monoisotopic (exact) mass is 326 g/mol. The minimum atomic E-state index is -0.211. The first-order chi connectivity index (χ1) is 9.20. The second kappa shape index (κ2) is 7.17. The molecule has 0 bridgehead atoms. The number of allylic oxidation sites excluding steroid dienone is 1. The van der Waals surface area contributed by atoms with Crippen LogP contribution in [0.4, 0.5) is 4.39 Å². The molecule has 0 heterocycles. The summed E-state index contributed by atoms with van der Waals surface area (Å²) in [6, 6.07) is 5.01. The lowest BCUT2D eigenvalue weighted by atomic mass is 10.1. The van der Waals surface area contributed by atoms with E-state index in [0.29, 0.717) is 12.1 Å². The molecule has 4 heteroatoms. The van der Waals surface area contributed by atoms with E-state index in [1.165, 1.54) is 30.9 Å². The van der Waals surface area contributed by atoms with E-state index >= 15 is 0 Å². The molecule has 1 aromatic carbocycles. The molecule has 0 spiro atoms. The second-order valence-corrected chi connectivity index (χ2v) is 5.83. The number of hydrogen-bond acceptors (Lipinski definition) is 2. The molecule has 2 nitrogen and oxygen atoms in total. The highest BCUT2D eigenvalue weighted by Gasteiger charge is 2.14. The van der Waals surface area contributed by atoms with Crippen LogP contribution in [0.15, 0.2) is 34.3 Å². The average molecular weight is 327 g/mol. The van der Waals surface area contributed by atoms with Crippen LogP contribution in [0.2, 0.25) is 0 Å². The molecule has 0 aliphatic heterocycles. The van der Waals surface area contributed by atoms with Gasteiger partial charge >= 0.3 is 0 Å². The van der Waals surface area contributed by atoms with Gasteiger partial charge < -0.3 is 11.1 Å². The lowest BCUT2D eigenvalue weighted by Gasteiger charge is -2.18. The van der Waals surface area contributed by atoms with Crippen LogP contribution in [0.1, 0.15) is 37.3 Å². The topological polar surface area (TPSA) is 38.0 Å². The van der Waals surface area contributed by atoms with Crippen LogP contribution in [-0.2, 0) is 0 Å². The molecule has 0 radical (unpaired) electrons. The Morgan fingerprint density at radius 1 is 1.42 bits per heavy atom. The highest BCUT2D eigenvalue weighted by molar-refractivity contribution is 9.10. The summed E-state index contributed by atoms with van der Waals surface area (Å²) in [5.41, 5.74) is 7.91. The minimum absolute atomic E-state index is 0.116.